The third-order valence-corrected chi connectivity index (χ3v) is 5.22. The average Bonchev–Trinajstić information content (AvgIpc) is 3.09. The molecule has 1 aliphatic rings. The van der Waals surface area contributed by atoms with Crippen molar-refractivity contribution in [3.05, 3.63) is 40.4 Å². The van der Waals surface area contributed by atoms with Crippen LogP contribution in [0.3, 0.4) is 0 Å². The fourth-order valence-corrected chi connectivity index (χ4v) is 3.67. The van der Waals surface area contributed by atoms with Crippen LogP contribution in [0.25, 0.3) is 10.9 Å². The van der Waals surface area contributed by atoms with Gasteiger partial charge in [-0.3, -0.25) is 14.4 Å². The fourth-order valence-electron chi connectivity index (χ4n) is 2.88. The summed E-state index contributed by atoms with van der Waals surface area (Å²) in [4.78, 5) is 43.8. The van der Waals surface area contributed by atoms with E-state index in [2.05, 4.69) is 9.97 Å². The molecule has 25 heavy (non-hydrogen) atoms. The number of thioether (sulfide) groups is 1. The summed E-state index contributed by atoms with van der Waals surface area (Å²) in [6, 6.07) is 7.17. The number of hydrogen-bond donors (Lipinski definition) is 2. The van der Waals surface area contributed by atoms with Crippen molar-refractivity contribution in [3.63, 3.8) is 0 Å². The number of carboxylic acids is 1. The zero-order valence-electron chi connectivity index (χ0n) is 13.6. The molecular weight excluding hydrogens is 342 g/mol. The Balaban J connectivity index is 1.48. The Bertz CT molecular complexity index is 851. The minimum Gasteiger partial charge on any atom is -0.481 e. The topological polar surface area (TPSA) is 103 Å². The number of likely N-dealkylation sites (tertiary alicyclic amines) is 1. The molecule has 1 atom stereocenters. The average molecular weight is 361 g/mol. The number of carbonyl (C=O) groups excluding carboxylic acids is 1. The Morgan fingerprint density at radius 2 is 2.16 bits per heavy atom. The van der Waals surface area contributed by atoms with Crippen LogP contribution < -0.4 is 5.56 Å². The van der Waals surface area contributed by atoms with Gasteiger partial charge in [-0.25, -0.2) is 4.98 Å². The number of nitrogens with one attached hydrogen (secondary N) is 1. The molecule has 7 nitrogen and oxygen atoms in total. The SMILES string of the molecule is O=C(O)C1CCN(C(=O)CCSCc2nc3ccccc3c(=O)[nH]2)C1. The van der Waals surface area contributed by atoms with E-state index in [1.54, 1.807) is 23.1 Å². The number of aliphatic carboxylic acids is 1. The van der Waals surface area contributed by atoms with Crippen molar-refractivity contribution < 1.29 is 14.7 Å². The molecule has 0 radical (unpaired) electrons. The molecule has 1 fully saturated rings. The lowest BCUT2D eigenvalue weighted by atomic mass is 10.1. The predicted octanol–water partition coefficient (Wildman–Crippen LogP) is 1.48. The lowest BCUT2D eigenvalue weighted by Crippen LogP contribution is -2.30. The second kappa shape index (κ2) is 7.69. The lowest BCUT2D eigenvalue weighted by Gasteiger charge is -2.15. The largest absolute Gasteiger partial charge is 0.481 e. The van der Waals surface area contributed by atoms with Gasteiger partial charge in [0.2, 0.25) is 5.91 Å². The molecule has 0 saturated carbocycles. The monoisotopic (exact) mass is 361 g/mol. The maximum Gasteiger partial charge on any atom is 0.308 e. The van der Waals surface area contributed by atoms with Crippen molar-refractivity contribution in [2.75, 3.05) is 18.8 Å². The highest BCUT2D eigenvalue weighted by Crippen LogP contribution is 2.18. The molecule has 1 aromatic heterocycles. The van der Waals surface area contributed by atoms with Gasteiger partial charge < -0.3 is 15.0 Å². The Morgan fingerprint density at radius 3 is 2.92 bits per heavy atom. The van der Waals surface area contributed by atoms with Crippen molar-refractivity contribution in [1.29, 1.82) is 0 Å². The molecule has 1 aliphatic heterocycles. The number of nitrogens with zero attached hydrogens (tertiary/aromatic N) is 2. The van der Waals surface area contributed by atoms with Crippen LogP contribution in [0.2, 0.25) is 0 Å². The van der Waals surface area contributed by atoms with Crippen LogP contribution in [0.4, 0.5) is 0 Å². The highest BCUT2D eigenvalue weighted by Gasteiger charge is 2.30. The van der Waals surface area contributed by atoms with Crippen molar-refractivity contribution in [3.8, 4) is 0 Å². The molecule has 8 heteroatoms. The number of amides is 1. The van der Waals surface area contributed by atoms with Crippen LogP contribution in [0.1, 0.15) is 18.7 Å². The third kappa shape index (κ3) is 4.19. The molecule has 0 bridgehead atoms. The van der Waals surface area contributed by atoms with Gasteiger partial charge in [-0.2, -0.15) is 11.8 Å². The second-order valence-electron chi connectivity index (χ2n) is 6.00. The van der Waals surface area contributed by atoms with Gasteiger partial charge in [-0.05, 0) is 18.6 Å². The van der Waals surface area contributed by atoms with E-state index in [0.717, 1.165) is 0 Å². The van der Waals surface area contributed by atoms with E-state index in [-0.39, 0.29) is 11.5 Å². The number of fused-ring (bicyclic) bond motifs is 1. The molecule has 1 unspecified atom stereocenters. The Morgan fingerprint density at radius 1 is 1.36 bits per heavy atom. The number of para-hydroxylation sites is 1. The first-order valence-electron chi connectivity index (χ1n) is 8.11. The smallest absolute Gasteiger partial charge is 0.308 e. The maximum absolute atomic E-state index is 12.1. The summed E-state index contributed by atoms with van der Waals surface area (Å²) < 4.78 is 0. The first-order chi connectivity index (χ1) is 12.0. The Labute approximate surface area is 148 Å². The predicted molar refractivity (Wildman–Crippen MR) is 95.5 cm³/mol. The standard InChI is InChI=1S/C17H19N3O4S/c21-15(20-7-5-11(9-20)17(23)24)6-8-25-10-14-18-13-4-2-1-3-12(13)16(22)19-14/h1-4,11H,5-10H2,(H,23,24)(H,18,19,22). The highest BCUT2D eigenvalue weighted by molar-refractivity contribution is 7.98. The van der Waals surface area contributed by atoms with E-state index in [0.29, 0.717) is 54.2 Å². The van der Waals surface area contributed by atoms with Crippen molar-refractivity contribution >= 4 is 34.5 Å². The van der Waals surface area contributed by atoms with Crippen LogP contribution in [0.15, 0.2) is 29.1 Å². The minimum atomic E-state index is -0.837. The summed E-state index contributed by atoms with van der Waals surface area (Å²) in [5.41, 5.74) is 0.503. The summed E-state index contributed by atoms with van der Waals surface area (Å²) in [5.74, 6) is 0.415. The highest BCUT2D eigenvalue weighted by atomic mass is 32.2. The van der Waals surface area contributed by atoms with Crippen LogP contribution in [0.5, 0.6) is 0 Å². The van der Waals surface area contributed by atoms with Crippen molar-refractivity contribution in [2.45, 2.75) is 18.6 Å². The number of rotatable bonds is 6. The van der Waals surface area contributed by atoms with Gasteiger partial charge in [0.15, 0.2) is 0 Å². The molecule has 2 heterocycles. The molecule has 132 valence electrons. The van der Waals surface area contributed by atoms with E-state index in [4.69, 9.17) is 5.11 Å². The summed E-state index contributed by atoms with van der Waals surface area (Å²) in [5, 5.41) is 9.54. The first-order valence-corrected chi connectivity index (χ1v) is 9.26. The van der Waals surface area contributed by atoms with Gasteiger partial charge in [0, 0.05) is 25.3 Å². The Kier molecular flexibility index (Phi) is 5.37. The number of carbonyl (C=O) groups is 2. The van der Waals surface area contributed by atoms with E-state index >= 15 is 0 Å². The van der Waals surface area contributed by atoms with Gasteiger partial charge in [0.05, 0.1) is 22.6 Å². The van der Waals surface area contributed by atoms with E-state index in [1.807, 2.05) is 6.07 Å². The summed E-state index contributed by atoms with van der Waals surface area (Å²) in [6.07, 6.45) is 0.880. The van der Waals surface area contributed by atoms with Crippen LogP contribution in [-0.2, 0) is 15.3 Å². The van der Waals surface area contributed by atoms with E-state index < -0.39 is 11.9 Å². The fraction of sp³-hybridized carbons (Fsp3) is 0.412. The third-order valence-electron chi connectivity index (χ3n) is 4.25. The lowest BCUT2D eigenvalue weighted by molar-refractivity contribution is -0.141. The number of benzene rings is 1. The zero-order chi connectivity index (χ0) is 17.8. The van der Waals surface area contributed by atoms with Gasteiger partial charge in [0.1, 0.15) is 5.82 Å². The van der Waals surface area contributed by atoms with Crippen LogP contribution >= 0.6 is 11.8 Å². The first kappa shape index (κ1) is 17.5. The molecule has 1 amide bonds. The Hall–Kier alpha value is -2.35. The molecule has 1 aromatic carbocycles. The van der Waals surface area contributed by atoms with Gasteiger partial charge >= 0.3 is 5.97 Å². The number of carboxylic acid groups (broad SMARTS) is 1. The van der Waals surface area contributed by atoms with Crippen LogP contribution in [-0.4, -0.2) is 50.7 Å². The van der Waals surface area contributed by atoms with Gasteiger partial charge in [0.25, 0.3) is 5.56 Å². The van der Waals surface area contributed by atoms with E-state index in [1.165, 1.54) is 11.8 Å². The van der Waals surface area contributed by atoms with E-state index in [9.17, 15) is 14.4 Å². The van der Waals surface area contributed by atoms with Crippen LogP contribution in [0, 0.1) is 5.92 Å². The normalized spacial score (nSPS) is 17.1. The molecule has 3 rings (SSSR count). The molecule has 2 N–H and O–H groups in total. The quantitative estimate of drug-likeness (QED) is 0.756. The van der Waals surface area contributed by atoms with Gasteiger partial charge in [-0.15, -0.1) is 0 Å². The number of aromatic nitrogens is 2. The minimum absolute atomic E-state index is 0.0174. The molecular formula is C17H19N3O4S. The summed E-state index contributed by atoms with van der Waals surface area (Å²) in [7, 11) is 0. The summed E-state index contributed by atoms with van der Waals surface area (Å²) in [6.45, 7) is 0.818. The number of hydrogen-bond acceptors (Lipinski definition) is 5. The van der Waals surface area contributed by atoms with Crippen molar-refractivity contribution in [1.82, 2.24) is 14.9 Å². The molecule has 0 aliphatic carbocycles. The zero-order valence-corrected chi connectivity index (χ0v) is 14.4. The number of H-pyrrole nitrogens is 1. The van der Waals surface area contributed by atoms with Gasteiger partial charge in [-0.1, -0.05) is 12.1 Å². The van der Waals surface area contributed by atoms with Crippen molar-refractivity contribution in [2.24, 2.45) is 5.92 Å². The second-order valence-corrected chi connectivity index (χ2v) is 7.10. The molecule has 2 aromatic rings. The number of aromatic amines is 1. The molecule has 1 saturated heterocycles. The summed E-state index contributed by atoms with van der Waals surface area (Å²) >= 11 is 1.52. The maximum atomic E-state index is 12.1. The molecule has 0 spiro atoms.